The summed E-state index contributed by atoms with van der Waals surface area (Å²) >= 11 is 5.85. The predicted octanol–water partition coefficient (Wildman–Crippen LogP) is 2.76. The van der Waals surface area contributed by atoms with Gasteiger partial charge in [0.15, 0.2) is 12.3 Å². The first-order chi connectivity index (χ1) is 11.0. The molecule has 0 spiro atoms. The molecule has 1 heterocycles. The zero-order valence-electron chi connectivity index (χ0n) is 12.7. The number of ether oxygens (including phenoxy) is 2. The highest BCUT2D eigenvalue weighted by molar-refractivity contribution is 6.32. The van der Waals surface area contributed by atoms with Crippen LogP contribution in [-0.2, 0) is 11.3 Å². The summed E-state index contributed by atoms with van der Waals surface area (Å²) in [6.45, 7) is 0.846. The molecule has 0 bridgehead atoms. The van der Waals surface area contributed by atoms with Gasteiger partial charge in [0, 0.05) is 20.7 Å². The molecule has 0 aliphatic carbocycles. The van der Waals surface area contributed by atoms with Gasteiger partial charge in [-0.25, -0.2) is 9.37 Å². The third-order valence-electron chi connectivity index (χ3n) is 2.99. The molecule has 0 radical (unpaired) electrons. The maximum Gasteiger partial charge on any atom is 0.275 e. The number of halogens is 2. The number of hydrogen-bond donors (Lipinski definition) is 0. The number of aromatic nitrogens is 1. The van der Waals surface area contributed by atoms with Crippen LogP contribution in [0.3, 0.4) is 0 Å². The van der Waals surface area contributed by atoms with Gasteiger partial charge in [-0.2, -0.15) is 0 Å². The Kier molecular flexibility index (Phi) is 5.95. The van der Waals surface area contributed by atoms with Crippen LogP contribution in [0.1, 0.15) is 16.4 Å². The normalized spacial score (nSPS) is 10.6. The molecule has 124 valence electrons. The van der Waals surface area contributed by atoms with E-state index in [1.807, 2.05) is 0 Å². The summed E-state index contributed by atoms with van der Waals surface area (Å²) in [4.78, 5) is 17.6. The molecule has 0 unspecified atom stereocenters. The molecule has 0 atom stereocenters. The van der Waals surface area contributed by atoms with Crippen molar-refractivity contribution in [1.29, 1.82) is 0 Å². The van der Waals surface area contributed by atoms with Crippen LogP contribution in [0.2, 0.25) is 5.02 Å². The lowest BCUT2D eigenvalue weighted by atomic mass is 10.3. The van der Waals surface area contributed by atoms with Gasteiger partial charge >= 0.3 is 0 Å². The van der Waals surface area contributed by atoms with Crippen molar-refractivity contribution in [2.45, 2.75) is 6.61 Å². The standard InChI is InChI=1S/C15H16ClFN2O4/c1-19(5-6-21-2)15(20)12-8-23-14(18-12)9-22-13-4-3-10(17)7-11(13)16/h3-4,7-8H,5-6,9H2,1-2H3. The number of hydrogen-bond acceptors (Lipinski definition) is 5. The van der Waals surface area contributed by atoms with E-state index in [9.17, 15) is 9.18 Å². The minimum atomic E-state index is -0.453. The summed E-state index contributed by atoms with van der Waals surface area (Å²) < 4.78 is 28.4. The van der Waals surface area contributed by atoms with Gasteiger partial charge in [-0.3, -0.25) is 4.79 Å². The second-order valence-electron chi connectivity index (χ2n) is 4.71. The molecule has 0 aliphatic heterocycles. The molecule has 1 amide bonds. The maximum atomic E-state index is 12.9. The van der Waals surface area contributed by atoms with Crippen molar-refractivity contribution < 1.29 is 23.1 Å². The topological polar surface area (TPSA) is 64.8 Å². The van der Waals surface area contributed by atoms with Crippen molar-refractivity contribution in [3.63, 3.8) is 0 Å². The zero-order chi connectivity index (χ0) is 16.8. The molecule has 2 aromatic rings. The molecule has 2 rings (SSSR count). The van der Waals surface area contributed by atoms with E-state index in [2.05, 4.69) is 4.98 Å². The second-order valence-corrected chi connectivity index (χ2v) is 5.12. The van der Waals surface area contributed by atoms with Gasteiger partial charge in [-0.1, -0.05) is 11.6 Å². The molecule has 0 saturated heterocycles. The van der Waals surface area contributed by atoms with Crippen molar-refractivity contribution >= 4 is 17.5 Å². The number of carbonyl (C=O) groups excluding carboxylic acids is 1. The lowest BCUT2D eigenvalue weighted by Crippen LogP contribution is -2.30. The number of benzene rings is 1. The van der Waals surface area contributed by atoms with Crippen LogP contribution in [0.25, 0.3) is 0 Å². The Morgan fingerprint density at radius 1 is 1.48 bits per heavy atom. The van der Waals surface area contributed by atoms with Crippen LogP contribution in [0.4, 0.5) is 4.39 Å². The third kappa shape index (κ3) is 4.67. The van der Waals surface area contributed by atoms with E-state index < -0.39 is 5.82 Å². The highest BCUT2D eigenvalue weighted by Gasteiger charge is 2.17. The monoisotopic (exact) mass is 342 g/mol. The van der Waals surface area contributed by atoms with E-state index in [4.69, 9.17) is 25.5 Å². The minimum absolute atomic E-state index is 0.0274. The first-order valence-electron chi connectivity index (χ1n) is 6.78. The number of likely N-dealkylation sites (N-methyl/N-ethyl adjacent to an activating group) is 1. The van der Waals surface area contributed by atoms with E-state index in [0.29, 0.717) is 18.9 Å². The lowest BCUT2D eigenvalue weighted by Gasteiger charge is -2.14. The molecular formula is C15H16ClFN2O4. The van der Waals surface area contributed by atoms with Crippen LogP contribution < -0.4 is 4.74 Å². The van der Waals surface area contributed by atoms with Gasteiger partial charge in [0.05, 0.1) is 11.6 Å². The Labute approximate surface area is 137 Å². The Bertz CT molecular complexity index is 677. The summed E-state index contributed by atoms with van der Waals surface area (Å²) in [5.74, 6) is -0.215. The molecule has 0 fully saturated rings. The molecule has 1 aromatic carbocycles. The smallest absolute Gasteiger partial charge is 0.275 e. The van der Waals surface area contributed by atoms with Gasteiger partial charge in [-0.15, -0.1) is 0 Å². The van der Waals surface area contributed by atoms with Gasteiger partial charge in [-0.05, 0) is 18.2 Å². The van der Waals surface area contributed by atoms with Crippen molar-refractivity contribution in [1.82, 2.24) is 9.88 Å². The van der Waals surface area contributed by atoms with Gasteiger partial charge in [0.25, 0.3) is 5.91 Å². The van der Waals surface area contributed by atoms with Gasteiger partial charge < -0.3 is 18.8 Å². The third-order valence-corrected chi connectivity index (χ3v) is 3.29. The number of methoxy groups -OCH3 is 1. The molecule has 0 N–H and O–H groups in total. The first-order valence-corrected chi connectivity index (χ1v) is 7.15. The van der Waals surface area contributed by atoms with Crippen LogP contribution in [0.5, 0.6) is 5.75 Å². The van der Waals surface area contributed by atoms with E-state index >= 15 is 0 Å². The fourth-order valence-electron chi connectivity index (χ4n) is 1.73. The summed E-state index contributed by atoms with van der Waals surface area (Å²) in [6, 6.07) is 3.79. The SMILES string of the molecule is COCCN(C)C(=O)c1coc(COc2ccc(F)cc2Cl)n1. The average molecular weight is 343 g/mol. The lowest BCUT2D eigenvalue weighted by molar-refractivity contribution is 0.0738. The van der Waals surface area contributed by atoms with Crippen LogP contribution in [0, 0.1) is 5.82 Å². The van der Waals surface area contributed by atoms with Gasteiger partial charge in [0.1, 0.15) is 17.8 Å². The van der Waals surface area contributed by atoms with Crippen LogP contribution in [-0.4, -0.2) is 43.1 Å². The van der Waals surface area contributed by atoms with Crippen molar-refractivity contribution in [2.24, 2.45) is 0 Å². The minimum Gasteiger partial charge on any atom is -0.482 e. The van der Waals surface area contributed by atoms with Gasteiger partial charge in [0.2, 0.25) is 5.89 Å². The molecular weight excluding hydrogens is 327 g/mol. The van der Waals surface area contributed by atoms with E-state index in [1.165, 1.54) is 23.3 Å². The highest BCUT2D eigenvalue weighted by atomic mass is 35.5. The molecule has 1 aromatic heterocycles. The number of amides is 1. The summed E-state index contributed by atoms with van der Waals surface area (Å²) in [5.41, 5.74) is 0.174. The fourth-order valence-corrected chi connectivity index (χ4v) is 1.95. The summed E-state index contributed by atoms with van der Waals surface area (Å²) in [5, 5.41) is 0.146. The number of carbonyl (C=O) groups is 1. The second kappa shape index (κ2) is 7.94. The van der Waals surface area contributed by atoms with Crippen LogP contribution in [0.15, 0.2) is 28.9 Å². The molecule has 0 aliphatic rings. The Balaban J connectivity index is 1.95. The highest BCUT2D eigenvalue weighted by Crippen LogP contribution is 2.25. The van der Waals surface area contributed by atoms with Crippen molar-refractivity contribution in [3.8, 4) is 5.75 Å². The number of oxazole rings is 1. The van der Waals surface area contributed by atoms with Crippen molar-refractivity contribution in [2.75, 3.05) is 27.3 Å². The first kappa shape index (κ1) is 17.2. The van der Waals surface area contributed by atoms with Crippen LogP contribution >= 0.6 is 11.6 Å². The molecule has 6 nitrogen and oxygen atoms in total. The van der Waals surface area contributed by atoms with E-state index in [1.54, 1.807) is 14.2 Å². The molecule has 8 heteroatoms. The van der Waals surface area contributed by atoms with E-state index in [-0.39, 0.29) is 29.1 Å². The Morgan fingerprint density at radius 2 is 2.26 bits per heavy atom. The fraction of sp³-hybridized carbons (Fsp3) is 0.333. The number of nitrogens with zero attached hydrogens (tertiary/aromatic N) is 2. The maximum absolute atomic E-state index is 12.9. The molecule has 0 saturated carbocycles. The quantitative estimate of drug-likeness (QED) is 0.774. The Hall–Kier alpha value is -2.12. The average Bonchev–Trinajstić information content (AvgIpc) is 3.00. The number of rotatable bonds is 7. The van der Waals surface area contributed by atoms with E-state index in [0.717, 1.165) is 6.07 Å². The largest absolute Gasteiger partial charge is 0.482 e. The predicted molar refractivity (Wildman–Crippen MR) is 81.1 cm³/mol. The zero-order valence-corrected chi connectivity index (χ0v) is 13.5. The van der Waals surface area contributed by atoms with Crippen molar-refractivity contribution in [3.05, 3.63) is 46.9 Å². The Morgan fingerprint density at radius 3 is 2.96 bits per heavy atom. The summed E-state index contributed by atoms with van der Waals surface area (Å²) in [6.07, 6.45) is 1.26. The molecule has 23 heavy (non-hydrogen) atoms. The summed E-state index contributed by atoms with van der Waals surface area (Å²) in [7, 11) is 3.20.